The average molecular weight is 365 g/mol. The zero-order valence-corrected chi connectivity index (χ0v) is 14.4. The number of hydrogen-bond acceptors (Lipinski definition) is 7. The number of rotatable bonds is 3. The monoisotopic (exact) mass is 364 g/mol. The molecule has 0 amide bonds. The molecule has 0 atom stereocenters. The molecule has 0 bridgehead atoms. The number of cyclic esters (lactones) is 2. The van der Waals surface area contributed by atoms with Crippen LogP contribution in [0.2, 0.25) is 5.02 Å². The Labute approximate surface area is 147 Å². The summed E-state index contributed by atoms with van der Waals surface area (Å²) in [5.41, 5.74) is 1.46. The van der Waals surface area contributed by atoms with Gasteiger partial charge in [-0.05, 0) is 12.1 Å². The predicted octanol–water partition coefficient (Wildman–Crippen LogP) is 3.60. The van der Waals surface area contributed by atoms with Crippen molar-refractivity contribution in [1.29, 1.82) is 0 Å². The van der Waals surface area contributed by atoms with E-state index in [0.29, 0.717) is 10.2 Å². The molecule has 0 unspecified atom stereocenters. The molecule has 0 spiro atoms. The van der Waals surface area contributed by atoms with Gasteiger partial charge in [-0.3, -0.25) is 0 Å². The van der Waals surface area contributed by atoms with Crippen LogP contribution in [0.5, 0.6) is 0 Å². The minimum absolute atomic E-state index is 0.211. The highest BCUT2D eigenvalue weighted by Gasteiger charge is 2.38. The van der Waals surface area contributed by atoms with Crippen molar-refractivity contribution in [3.05, 3.63) is 46.4 Å². The van der Waals surface area contributed by atoms with Gasteiger partial charge in [0.25, 0.3) is 5.79 Å². The maximum Gasteiger partial charge on any atom is 0.350 e. The minimum Gasteiger partial charge on any atom is -0.419 e. The molecule has 1 aliphatic heterocycles. The van der Waals surface area contributed by atoms with Gasteiger partial charge in [-0.2, -0.15) is 0 Å². The molecule has 1 saturated heterocycles. The molecule has 1 fully saturated rings. The molecular weight excluding hydrogens is 352 g/mol. The fourth-order valence-corrected chi connectivity index (χ4v) is 2.82. The van der Waals surface area contributed by atoms with Gasteiger partial charge >= 0.3 is 11.9 Å². The normalized spacial score (nSPS) is 16.4. The lowest BCUT2D eigenvalue weighted by Gasteiger charge is -2.29. The van der Waals surface area contributed by atoms with Gasteiger partial charge in [-0.15, -0.1) is 11.3 Å². The molecule has 6 nitrogen and oxygen atoms in total. The summed E-state index contributed by atoms with van der Waals surface area (Å²) in [7, 11) is 0. The second-order valence-electron chi connectivity index (χ2n) is 5.43. The van der Waals surface area contributed by atoms with Crippen LogP contribution in [0.3, 0.4) is 0 Å². The predicted molar refractivity (Wildman–Crippen MR) is 90.5 cm³/mol. The molecule has 24 heavy (non-hydrogen) atoms. The van der Waals surface area contributed by atoms with E-state index >= 15 is 0 Å². The lowest BCUT2D eigenvalue weighted by molar-refractivity contribution is -0.222. The number of ether oxygens (including phenoxy) is 2. The number of halogens is 1. The maximum atomic E-state index is 11.8. The first kappa shape index (κ1) is 16.5. The molecule has 3 rings (SSSR count). The molecule has 2 aromatic rings. The summed E-state index contributed by atoms with van der Waals surface area (Å²) in [5, 5.41) is 5.85. The summed E-state index contributed by atoms with van der Waals surface area (Å²) in [6.07, 6.45) is 1.24. The van der Waals surface area contributed by atoms with Crippen LogP contribution in [-0.4, -0.2) is 22.7 Å². The molecule has 2 heterocycles. The van der Waals surface area contributed by atoms with Crippen molar-refractivity contribution >= 4 is 40.0 Å². The van der Waals surface area contributed by atoms with Crippen LogP contribution in [0.15, 0.2) is 41.4 Å². The summed E-state index contributed by atoms with van der Waals surface area (Å²) in [5.74, 6) is -2.73. The SMILES string of the molecule is CC1(C)OC(=O)C(=CNc2nc(-c3ccc(Cl)cc3)cs2)C(=O)O1. The molecule has 1 aromatic carbocycles. The first-order valence-corrected chi connectivity index (χ1v) is 8.25. The van der Waals surface area contributed by atoms with E-state index in [9.17, 15) is 9.59 Å². The number of nitrogens with one attached hydrogen (secondary N) is 1. The van der Waals surface area contributed by atoms with Crippen molar-refractivity contribution in [2.75, 3.05) is 5.32 Å². The van der Waals surface area contributed by atoms with E-state index in [2.05, 4.69) is 10.3 Å². The van der Waals surface area contributed by atoms with Crippen LogP contribution in [0.1, 0.15) is 13.8 Å². The van der Waals surface area contributed by atoms with Gasteiger partial charge in [0.05, 0.1) is 5.69 Å². The number of esters is 2. The van der Waals surface area contributed by atoms with E-state index < -0.39 is 17.7 Å². The summed E-state index contributed by atoms with van der Waals surface area (Å²) in [6.45, 7) is 2.98. The Morgan fingerprint density at radius 3 is 2.42 bits per heavy atom. The molecule has 8 heteroatoms. The average Bonchev–Trinajstić information content (AvgIpc) is 2.95. The molecule has 0 saturated carbocycles. The van der Waals surface area contributed by atoms with Gasteiger partial charge in [0.15, 0.2) is 10.7 Å². The Morgan fingerprint density at radius 1 is 1.17 bits per heavy atom. The highest BCUT2D eigenvalue weighted by molar-refractivity contribution is 7.14. The third-order valence-electron chi connectivity index (χ3n) is 3.10. The minimum atomic E-state index is -1.26. The number of nitrogens with zero attached hydrogens (tertiary/aromatic N) is 1. The largest absolute Gasteiger partial charge is 0.419 e. The van der Waals surface area contributed by atoms with Crippen LogP contribution in [0.4, 0.5) is 5.13 Å². The van der Waals surface area contributed by atoms with Gasteiger partial charge in [0.1, 0.15) is 0 Å². The smallest absolute Gasteiger partial charge is 0.350 e. The van der Waals surface area contributed by atoms with Crippen LogP contribution in [0, 0.1) is 0 Å². The topological polar surface area (TPSA) is 77.5 Å². The molecule has 1 aliphatic rings. The zero-order chi connectivity index (χ0) is 17.3. The van der Waals surface area contributed by atoms with Crippen molar-refractivity contribution in [2.45, 2.75) is 19.6 Å². The number of thiazole rings is 1. The van der Waals surface area contributed by atoms with Crippen molar-refractivity contribution in [2.24, 2.45) is 0 Å². The third-order valence-corrected chi connectivity index (χ3v) is 4.13. The Hall–Kier alpha value is -2.38. The lowest BCUT2D eigenvalue weighted by atomic mass is 10.2. The van der Waals surface area contributed by atoms with Gasteiger partial charge in [0.2, 0.25) is 0 Å². The summed E-state index contributed by atoms with van der Waals surface area (Å²) < 4.78 is 10.0. The zero-order valence-electron chi connectivity index (χ0n) is 12.8. The third kappa shape index (κ3) is 3.58. The van der Waals surface area contributed by atoms with E-state index in [4.69, 9.17) is 21.1 Å². The first-order valence-electron chi connectivity index (χ1n) is 6.99. The number of aromatic nitrogens is 1. The second-order valence-corrected chi connectivity index (χ2v) is 6.72. The van der Waals surface area contributed by atoms with Crippen LogP contribution >= 0.6 is 22.9 Å². The van der Waals surface area contributed by atoms with E-state index in [-0.39, 0.29) is 5.57 Å². The number of carbonyl (C=O) groups excluding carboxylic acids is 2. The van der Waals surface area contributed by atoms with Crippen molar-refractivity contribution in [1.82, 2.24) is 4.98 Å². The highest BCUT2D eigenvalue weighted by atomic mass is 35.5. The molecule has 124 valence electrons. The van der Waals surface area contributed by atoms with Gasteiger partial charge < -0.3 is 14.8 Å². The van der Waals surface area contributed by atoms with Crippen LogP contribution in [0.25, 0.3) is 11.3 Å². The van der Waals surface area contributed by atoms with Gasteiger partial charge in [-0.1, -0.05) is 23.7 Å². The fourth-order valence-electron chi connectivity index (χ4n) is 2.01. The van der Waals surface area contributed by atoms with E-state index in [1.807, 2.05) is 17.5 Å². The van der Waals surface area contributed by atoms with E-state index in [0.717, 1.165) is 11.3 Å². The summed E-state index contributed by atoms with van der Waals surface area (Å²) in [4.78, 5) is 28.1. The maximum absolute atomic E-state index is 11.8. The van der Waals surface area contributed by atoms with Crippen LogP contribution in [-0.2, 0) is 19.1 Å². The summed E-state index contributed by atoms with van der Waals surface area (Å²) in [6, 6.07) is 7.28. The number of benzene rings is 1. The quantitative estimate of drug-likeness (QED) is 0.509. The molecular formula is C16H13ClN2O4S. The van der Waals surface area contributed by atoms with Crippen molar-refractivity contribution in [3.63, 3.8) is 0 Å². The van der Waals surface area contributed by atoms with Gasteiger partial charge in [-0.25, -0.2) is 14.6 Å². The lowest BCUT2D eigenvalue weighted by Crippen LogP contribution is -2.42. The molecule has 0 aliphatic carbocycles. The highest BCUT2D eigenvalue weighted by Crippen LogP contribution is 2.27. The number of hydrogen-bond donors (Lipinski definition) is 1. The Balaban J connectivity index is 1.74. The molecule has 1 N–H and O–H groups in total. The Kier molecular flexibility index (Phi) is 4.29. The van der Waals surface area contributed by atoms with E-state index in [1.165, 1.54) is 31.4 Å². The Bertz CT molecular complexity index is 805. The standard InChI is InChI=1S/C16H13ClN2O4S/c1-16(2)22-13(20)11(14(21)23-16)7-18-15-19-12(8-24-15)9-3-5-10(17)6-4-9/h3-8H,1-2H3,(H,18,19). The van der Waals surface area contributed by atoms with Gasteiger partial charge in [0, 0.05) is 36.0 Å². The summed E-state index contributed by atoms with van der Waals surface area (Å²) >= 11 is 7.20. The molecule has 1 aromatic heterocycles. The van der Waals surface area contributed by atoms with Crippen molar-refractivity contribution < 1.29 is 19.1 Å². The van der Waals surface area contributed by atoms with Crippen molar-refractivity contribution in [3.8, 4) is 11.3 Å². The Morgan fingerprint density at radius 2 is 1.79 bits per heavy atom. The fraction of sp³-hybridized carbons (Fsp3) is 0.188. The second kappa shape index (κ2) is 6.26. The first-order chi connectivity index (χ1) is 11.3. The number of anilines is 1. The van der Waals surface area contributed by atoms with Crippen LogP contribution < -0.4 is 5.32 Å². The van der Waals surface area contributed by atoms with E-state index in [1.54, 1.807) is 12.1 Å². The molecule has 0 radical (unpaired) electrons. The number of carbonyl (C=O) groups is 2.